The standard InChI is InChI=1S/C22H18ClN5O4/c1-12-9-19(24-21-15(12)5-4-6-18(21)32-3)27-20(10-13(2)26-27)25-22(29)14-7-8-16(23)17(11-14)28(30)31/h4-11H,1-3H3,(H,25,29). The number of nitro benzene ring substituents is 1. The average molecular weight is 452 g/mol. The fraction of sp³-hybridized carbons (Fsp3) is 0.136. The van der Waals surface area contributed by atoms with Gasteiger partial charge in [0.05, 0.1) is 17.7 Å². The van der Waals surface area contributed by atoms with Crippen LogP contribution in [0.4, 0.5) is 11.5 Å². The van der Waals surface area contributed by atoms with Crippen LogP contribution in [0.2, 0.25) is 5.02 Å². The van der Waals surface area contributed by atoms with Gasteiger partial charge in [-0.15, -0.1) is 0 Å². The molecule has 0 atom stereocenters. The third-order valence-corrected chi connectivity index (χ3v) is 5.23. The number of methoxy groups -OCH3 is 1. The first kappa shape index (κ1) is 21.3. The molecule has 0 spiro atoms. The first-order valence-electron chi connectivity index (χ1n) is 9.55. The number of nitrogens with one attached hydrogen (secondary N) is 1. The molecule has 32 heavy (non-hydrogen) atoms. The summed E-state index contributed by atoms with van der Waals surface area (Å²) < 4.78 is 6.95. The number of pyridine rings is 1. The molecule has 2 aromatic heterocycles. The summed E-state index contributed by atoms with van der Waals surface area (Å²) in [6.07, 6.45) is 0. The van der Waals surface area contributed by atoms with Crippen LogP contribution in [0.1, 0.15) is 21.6 Å². The number of ether oxygens (including phenoxy) is 1. The van der Waals surface area contributed by atoms with E-state index in [1.165, 1.54) is 16.8 Å². The second-order valence-corrected chi connectivity index (χ2v) is 7.52. The van der Waals surface area contributed by atoms with Gasteiger partial charge in [0.1, 0.15) is 22.1 Å². The van der Waals surface area contributed by atoms with Gasteiger partial charge in [-0.1, -0.05) is 23.7 Å². The van der Waals surface area contributed by atoms with Gasteiger partial charge in [-0.3, -0.25) is 14.9 Å². The Bertz CT molecular complexity index is 1380. The van der Waals surface area contributed by atoms with Crippen LogP contribution in [-0.2, 0) is 0 Å². The summed E-state index contributed by atoms with van der Waals surface area (Å²) in [5.74, 6) is 0.938. The number of benzene rings is 2. The molecule has 4 rings (SSSR count). The van der Waals surface area contributed by atoms with E-state index in [0.29, 0.717) is 28.6 Å². The van der Waals surface area contributed by atoms with Crippen molar-refractivity contribution in [3.05, 3.63) is 80.5 Å². The van der Waals surface area contributed by atoms with Gasteiger partial charge in [0.25, 0.3) is 11.6 Å². The number of amides is 1. The van der Waals surface area contributed by atoms with Gasteiger partial charge in [0.15, 0.2) is 5.82 Å². The lowest BCUT2D eigenvalue weighted by Gasteiger charge is -2.12. The lowest BCUT2D eigenvalue weighted by Crippen LogP contribution is -2.16. The number of rotatable bonds is 5. The van der Waals surface area contributed by atoms with E-state index in [9.17, 15) is 14.9 Å². The molecular formula is C22H18ClN5O4. The topological polar surface area (TPSA) is 112 Å². The minimum atomic E-state index is -0.636. The van der Waals surface area contributed by atoms with Crippen LogP contribution in [0.3, 0.4) is 0 Å². The molecule has 0 fully saturated rings. The zero-order valence-corrected chi connectivity index (χ0v) is 18.2. The Morgan fingerprint density at radius 1 is 1.19 bits per heavy atom. The molecule has 0 aliphatic heterocycles. The van der Waals surface area contributed by atoms with Crippen molar-refractivity contribution in [2.24, 2.45) is 0 Å². The molecule has 9 nitrogen and oxygen atoms in total. The second kappa shape index (κ2) is 8.27. The van der Waals surface area contributed by atoms with Gasteiger partial charge >= 0.3 is 0 Å². The van der Waals surface area contributed by atoms with E-state index in [1.54, 1.807) is 20.1 Å². The largest absolute Gasteiger partial charge is 0.494 e. The molecule has 0 unspecified atom stereocenters. The molecule has 1 amide bonds. The van der Waals surface area contributed by atoms with Crippen molar-refractivity contribution in [2.75, 3.05) is 12.4 Å². The highest BCUT2D eigenvalue weighted by molar-refractivity contribution is 6.32. The normalized spacial score (nSPS) is 10.9. The molecule has 10 heteroatoms. The molecule has 0 saturated carbocycles. The van der Waals surface area contributed by atoms with Crippen molar-refractivity contribution in [2.45, 2.75) is 13.8 Å². The molecule has 1 N–H and O–H groups in total. The number of nitrogens with zero attached hydrogens (tertiary/aromatic N) is 4. The van der Waals surface area contributed by atoms with Crippen molar-refractivity contribution >= 4 is 39.9 Å². The lowest BCUT2D eigenvalue weighted by molar-refractivity contribution is -0.384. The van der Waals surface area contributed by atoms with Gasteiger partial charge in [-0.25, -0.2) is 4.98 Å². The first-order valence-corrected chi connectivity index (χ1v) is 9.93. The molecule has 4 aromatic rings. The minimum absolute atomic E-state index is 0.0442. The molecule has 0 aliphatic rings. The Labute approximate surface area is 187 Å². The van der Waals surface area contributed by atoms with E-state index >= 15 is 0 Å². The Morgan fingerprint density at radius 3 is 2.69 bits per heavy atom. The highest BCUT2D eigenvalue weighted by Crippen LogP contribution is 2.29. The number of aromatic nitrogens is 3. The number of hydrogen-bond acceptors (Lipinski definition) is 6. The number of nitro groups is 1. The Kier molecular flexibility index (Phi) is 5.50. The molecule has 0 aliphatic carbocycles. The molecule has 0 bridgehead atoms. The predicted molar refractivity (Wildman–Crippen MR) is 121 cm³/mol. The number of para-hydroxylation sites is 1. The maximum Gasteiger partial charge on any atom is 0.288 e. The van der Waals surface area contributed by atoms with E-state index < -0.39 is 10.8 Å². The Hall–Kier alpha value is -3.98. The second-order valence-electron chi connectivity index (χ2n) is 7.11. The third-order valence-electron chi connectivity index (χ3n) is 4.91. The summed E-state index contributed by atoms with van der Waals surface area (Å²) in [5, 5.41) is 19.3. The van der Waals surface area contributed by atoms with E-state index in [1.807, 2.05) is 31.2 Å². The van der Waals surface area contributed by atoms with Crippen molar-refractivity contribution in [1.29, 1.82) is 0 Å². The average Bonchev–Trinajstić information content (AvgIpc) is 3.13. The quantitative estimate of drug-likeness (QED) is 0.342. The van der Waals surface area contributed by atoms with Gasteiger partial charge in [-0.05, 0) is 43.7 Å². The SMILES string of the molecule is COc1cccc2c(C)cc(-n3nc(C)cc3NC(=O)c3ccc(Cl)c([N+](=O)[O-])c3)nc12. The van der Waals surface area contributed by atoms with Crippen LogP contribution in [-0.4, -0.2) is 32.7 Å². The Balaban J connectivity index is 1.75. The number of aryl methyl sites for hydroxylation is 2. The van der Waals surface area contributed by atoms with Crippen LogP contribution < -0.4 is 10.1 Å². The van der Waals surface area contributed by atoms with Gasteiger partial charge in [0.2, 0.25) is 0 Å². The van der Waals surface area contributed by atoms with Crippen LogP contribution in [0.5, 0.6) is 5.75 Å². The summed E-state index contributed by atoms with van der Waals surface area (Å²) in [7, 11) is 1.58. The monoisotopic (exact) mass is 451 g/mol. The number of anilines is 1. The molecule has 2 heterocycles. The van der Waals surface area contributed by atoms with Crippen LogP contribution >= 0.6 is 11.6 Å². The first-order chi connectivity index (χ1) is 15.3. The summed E-state index contributed by atoms with van der Waals surface area (Å²) in [5.41, 5.74) is 2.03. The smallest absolute Gasteiger partial charge is 0.288 e. The number of carbonyl (C=O) groups excluding carboxylic acids is 1. The van der Waals surface area contributed by atoms with Crippen molar-refractivity contribution in [3.8, 4) is 11.6 Å². The fourth-order valence-corrected chi connectivity index (χ4v) is 3.58. The zero-order valence-electron chi connectivity index (χ0n) is 17.4. The molecule has 2 aromatic carbocycles. The third kappa shape index (κ3) is 3.85. The number of halogens is 1. The maximum absolute atomic E-state index is 12.8. The van der Waals surface area contributed by atoms with E-state index in [4.69, 9.17) is 21.3 Å². The van der Waals surface area contributed by atoms with Gasteiger partial charge < -0.3 is 10.1 Å². The molecule has 162 valence electrons. The highest BCUT2D eigenvalue weighted by atomic mass is 35.5. The fourth-order valence-electron chi connectivity index (χ4n) is 3.39. The van der Waals surface area contributed by atoms with Crippen molar-refractivity contribution < 1.29 is 14.5 Å². The molecule has 0 saturated heterocycles. The maximum atomic E-state index is 12.8. The Morgan fingerprint density at radius 2 is 1.97 bits per heavy atom. The van der Waals surface area contributed by atoms with Crippen LogP contribution in [0.15, 0.2) is 48.5 Å². The van der Waals surface area contributed by atoms with Crippen molar-refractivity contribution in [1.82, 2.24) is 14.8 Å². The summed E-state index contributed by atoms with van der Waals surface area (Å²) in [6.45, 7) is 3.74. The highest BCUT2D eigenvalue weighted by Gasteiger charge is 2.19. The minimum Gasteiger partial charge on any atom is -0.494 e. The van der Waals surface area contributed by atoms with E-state index in [2.05, 4.69) is 10.4 Å². The van der Waals surface area contributed by atoms with E-state index in [0.717, 1.165) is 17.0 Å². The zero-order chi connectivity index (χ0) is 23.0. The van der Waals surface area contributed by atoms with Gasteiger partial charge in [-0.2, -0.15) is 9.78 Å². The molecular weight excluding hydrogens is 434 g/mol. The summed E-state index contributed by atoms with van der Waals surface area (Å²) in [4.78, 5) is 28.0. The number of fused-ring (bicyclic) bond motifs is 1. The predicted octanol–water partition coefficient (Wildman–Crippen LogP) is 4.86. The number of hydrogen-bond donors (Lipinski definition) is 1. The van der Waals surface area contributed by atoms with Crippen LogP contribution in [0, 0.1) is 24.0 Å². The molecule has 0 radical (unpaired) electrons. The lowest BCUT2D eigenvalue weighted by atomic mass is 10.1. The van der Waals surface area contributed by atoms with E-state index in [-0.39, 0.29) is 16.3 Å². The van der Waals surface area contributed by atoms with Crippen LogP contribution in [0.25, 0.3) is 16.7 Å². The van der Waals surface area contributed by atoms with Crippen molar-refractivity contribution in [3.63, 3.8) is 0 Å². The summed E-state index contributed by atoms with van der Waals surface area (Å²) in [6, 6.07) is 13.1. The van der Waals surface area contributed by atoms with Gasteiger partial charge in [0, 0.05) is 23.1 Å². The number of carbonyl (C=O) groups is 1. The summed E-state index contributed by atoms with van der Waals surface area (Å²) >= 11 is 5.85.